The van der Waals surface area contributed by atoms with Crippen molar-refractivity contribution < 1.29 is 23.7 Å². The fraction of sp³-hybridized carbons (Fsp3) is 0.500. The van der Waals surface area contributed by atoms with Crippen LogP contribution in [0.25, 0.3) is 0 Å². The molecule has 0 unspecified atom stereocenters. The predicted octanol–water partition coefficient (Wildman–Crippen LogP) is 3.15. The Balaban J connectivity index is 1.23. The number of ether oxygens (including phenoxy) is 4. The van der Waals surface area contributed by atoms with Crippen LogP contribution < -0.4 is 9.47 Å². The first-order chi connectivity index (χ1) is 14.2. The SMILES string of the molecule is COc1cccc(OC2CO[C@H]3CN(C(=O)CCCc4cccs4)C[C@@H]3OC2)c1. The van der Waals surface area contributed by atoms with E-state index in [1.165, 1.54) is 4.88 Å². The molecule has 0 N–H and O–H groups in total. The number of likely N-dealkylation sites (tertiary alicyclic amines) is 1. The molecule has 2 aliphatic heterocycles. The first-order valence-electron chi connectivity index (χ1n) is 10.1. The number of nitrogens with zero attached hydrogens (tertiary/aromatic N) is 1. The highest BCUT2D eigenvalue weighted by Crippen LogP contribution is 2.25. The molecule has 1 aromatic carbocycles. The van der Waals surface area contributed by atoms with Crippen LogP contribution in [-0.2, 0) is 20.7 Å². The lowest BCUT2D eigenvalue weighted by molar-refractivity contribution is -0.131. The molecule has 7 heteroatoms. The van der Waals surface area contributed by atoms with E-state index in [0.29, 0.717) is 32.7 Å². The molecule has 1 amide bonds. The van der Waals surface area contributed by atoms with Crippen molar-refractivity contribution in [3.63, 3.8) is 0 Å². The number of hydrogen-bond acceptors (Lipinski definition) is 6. The number of methoxy groups -OCH3 is 1. The van der Waals surface area contributed by atoms with E-state index in [1.807, 2.05) is 29.2 Å². The number of aryl methyl sites for hydroxylation is 1. The highest BCUT2D eigenvalue weighted by Gasteiger charge is 2.39. The van der Waals surface area contributed by atoms with E-state index in [0.717, 1.165) is 24.3 Å². The van der Waals surface area contributed by atoms with Gasteiger partial charge in [-0.15, -0.1) is 11.3 Å². The monoisotopic (exact) mass is 417 g/mol. The number of thiophene rings is 1. The van der Waals surface area contributed by atoms with Crippen LogP contribution in [0.4, 0.5) is 0 Å². The van der Waals surface area contributed by atoms with Gasteiger partial charge < -0.3 is 23.8 Å². The standard InChI is InChI=1S/C22H27NO5S/c1-25-16-5-2-6-17(11-16)28-18-14-26-20-12-23(13-21(20)27-15-18)22(24)9-3-7-19-8-4-10-29-19/h2,4-6,8,10-11,18,20-21H,3,7,9,12-15H2,1H3/t20-,21-/m0/s1. The summed E-state index contributed by atoms with van der Waals surface area (Å²) in [7, 11) is 1.63. The van der Waals surface area contributed by atoms with Crippen molar-refractivity contribution in [2.24, 2.45) is 0 Å². The molecule has 3 heterocycles. The van der Waals surface area contributed by atoms with Crippen LogP contribution in [0.2, 0.25) is 0 Å². The Bertz CT molecular complexity index is 780. The van der Waals surface area contributed by atoms with E-state index in [1.54, 1.807) is 18.4 Å². The summed E-state index contributed by atoms with van der Waals surface area (Å²) >= 11 is 1.74. The summed E-state index contributed by atoms with van der Waals surface area (Å²) < 4.78 is 23.3. The first-order valence-corrected chi connectivity index (χ1v) is 10.9. The lowest BCUT2D eigenvalue weighted by Crippen LogP contribution is -2.32. The minimum absolute atomic E-state index is 0.0878. The van der Waals surface area contributed by atoms with E-state index in [4.69, 9.17) is 18.9 Å². The molecule has 0 aliphatic carbocycles. The number of benzene rings is 1. The summed E-state index contributed by atoms with van der Waals surface area (Å²) in [6.45, 7) is 2.07. The zero-order chi connectivity index (χ0) is 20.1. The molecule has 29 heavy (non-hydrogen) atoms. The quantitative estimate of drug-likeness (QED) is 0.693. The first kappa shape index (κ1) is 20.2. The van der Waals surface area contributed by atoms with Crippen molar-refractivity contribution in [2.45, 2.75) is 37.6 Å². The smallest absolute Gasteiger partial charge is 0.222 e. The Morgan fingerprint density at radius 3 is 2.59 bits per heavy atom. The average molecular weight is 418 g/mol. The number of amides is 1. The number of hydrogen-bond donors (Lipinski definition) is 0. The van der Waals surface area contributed by atoms with E-state index < -0.39 is 0 Å². The van der Waals surface area contributed by atoms with E-state index in [9.17, 15) is 4.79 Å². The Hall–Kier alpha value is -2.09. The van der Waals surface area contributed by atoms with Crippen molar-refractivity contribution in [3.05, 3.63) is 46.7 Å². The molecule has 0 bridgehead atoms. The Morgan fingerprint density at radius 1 is 1.14 bits per heavy atom. The normalized spacial score (nSPS) is 22.2. The molecule has 0 saturated carbocycles. The molecule has 156 valence electrons. The zero-order valence-corrected chi connectivity index (χ0v) is 17.4. The molecule has 6 nitrogen and oxygen atoms in total. The highest BCUT2D eigenvalue weighted by atomic mass is 32.1. The third-order valence-corrected chi connectivity index (χ3v) is 6.23. The average Bonchev–Trinajstić information content (AvgIpc) is 3.36. The van der Waals surface area contributed by atoms with Gasteiger partial charge in [-0.3, -0.25) is 4.79 Å². The lowest BCUT2D eigenvalue weighted by atomic mass is 10.2. The lowest BCUT2D eigenvalue weighted by Gasteiger charge is -2.20. The maximum absolute atomic E-state index is 12.6. The second-order valence-electron chi connectivity index (χ2n) is 7.39. The van der Waals surface area contributed by atoms with Gasteiger partial charge in [0, 0.05) is 30.5 Å². The van der Waals surface area contributed by atoms with Gasteiger partial charge in [0.15, 0.2) is 0 Å². The third kappa shape index (κ3) is 5.29. The van der Waals surface area contributed by atoms with Gasteiger partial charge >= 0.3 is 0 Å². The van der Waals surface area contributed by atoms with Gasteiger partial charge in [0.2, 0.25) is 5.91 Å². The molecule has 2 atom stereocenters. The van der Waals surface area contributed by atoms with E-state index >= 15 is 0 Å². The van der Waals surface area contributed by atoms with Crippen LogP contribution in [0.5, 0.6) is 11.5 Å². The highest BCUT2D eigenvalue weighted by molar-refractivity contribution is 7.09. The largest absolute Gasteiger partial charge is 0.497 e. The molecule has 4 rings (SSSR count). The molecular formula is C22H27NO5S. The third-order valence-electron chi connectivity index (χ3n) is 5.30. The van der Waals surface area contributed by atoms with Gasteiger partial charge in [-0.05, 0) is 36.4 Å². The summed E-state index contributed by atoms with van der Waals surface area (Å²) in [4.78, 5) is 15.8. The molecular weight excluding hydrogens is 390 g/mol. The van der Waals surface area contributed by atoms with Crippen molar-refractivity contribution in [1.29, 1.82) is 0 Å². The van der Waals surface area contributed by atoms with Crippen LogP contribution >= 0.6 is 11.3 Å². The summed E-state index contributed by atoms with van der Waals surface area (Å²) in [5.41, 5.74) is 0. The second-order valence-corrected chi connectivity index (χ2v) is 8.43. The summed E-state index contributed by atoms with van der Waals surface area (Å²) in [5, 5.41) is 2.07. The van der Waals surface area contributed by atoms with Gasteiger partial charge in [0.25, 0.3) is 0 Å². The Labute approximate surface area is 175 Å². The van der Waals surface area contributed by atoms with Crippen LogP contribution in [-0.4, -0.2) is 62.5 Å². The van der Waals surface area contributed by atoms with Crippen LogP contribution in [0, 0.1) is 0 Å². The summed E-state index contributed by atoms with van der Waals surface area (Å²) in [6.07, 6.45) is 2.05. The van der Waals surface area contributed by atoms with Crippen molar-refractivity contribution in [1.82, 2.24) is 4.90 Å². The number of fused-ring (bicyclic) bond motifs is 1. The van der Waals surface area contributed by atoms with E-state index in [-0.39, 0.29) is 24.2 Å². The van der Waals surface area contributed by atoms with Crippen LogP contribution in [0.15, 0.2) is 41.8 Å². The van der Waals surface area contributed by atoms with Gasteiger partial charge in [-0.1, -0.05) is 12.1 Å². The minimum Gasteiger partial charge on any atom is -0.497 e. The molecule has 2 aromatic rings. The number of carbonyl (C=O) groups is 1. The van der Waals surface area contributed by atoms with Gasteiger partial charge in [-0.25, -0.2) is 0 Å². The van der Waals surface area contributed by atoms with Gasteiger partial charge in [0.05, 0.1) is 20.3 Å². The maximum Gasteiger partial charge on any atom is 0.222 e. The second kappa shape index (κ2) is 9.61. The Morgan fingerprint density at radius 2 is 1.90 bits per heavy atom. The summed E-state index contributed by atoms with van der Waals surface area (Å²) in [5.74, 6) is 1.67. The molecule has 2 saturated heterocycles. The molecule has 2 aliphatic rings. The zero-order valence-electron chi connectivity index (χ0n) is 16.6. The minimum atomic E-state index is -0.178. The molecule has 2 fully saturated rings. The summed E-state index contributed by atoms with van der Waals surface area (Å²) in [6, 6.07) is 11.7. The topological polar surface area (TPSA) is 57.2 Å². The molecule has 1 aromatic heterocycles. The molecule has 0 spiro atoms. The van der Waals surface area contributed by atoms with Gasteiger partial charge in [-0.2, -0.15) is 0 Å². The van der Waals surface area contributed by atoms with Crippen LogP contribution in [0.3, 0.4) is 0 Å². The number of rotatable bonds is 7. The van der Waals surface area contributed by atoms with Gasteiger partial charge in [0.1, 0.15) is 29.8 Å². The van der Waals surface area contributed by atoms with Crippen LogP contribution in [0.1, 0.15) is 17.7 Å². The fourth-order valence-corrected chi connectivity index (χ4v) is 4.49. The van der Waals surface area contributed by atoms with Crippen molar-refractivity contribution in [3.8, 4) is 11.5 Å². The van der Waals surface area contributed by atoms with Crippen molar-refractivity contribution in [2.75, 3.05) is 33.4 Å². The number of carbonyl (C=O) groups excluding carboxylic acids is 1. The predicted molar refractivity (Wildman–Crippen MR) is 111 cm³/mol. The van der Waals surface area contributed by atoms with E-state index in [2.05, 4.69) is 17.5 Å². The maximum atomic E-state index is 12.6. The fourth-order valence-electron chi connectivity index (χ4n) is 3.74. The molecule has 0 radical (unpaired) electrons. The Kier molecular flexibility index (Phi) is 6.69. The van der Waals surface area contributed by atoms with Crippen molar-refractivity contribution >= 4 is 17.2 Å².